The maximum atomic E-state index is 5.92. The first-order valence-electron chi connectivity index (χ1n) is 8.66. The number of hydrogen-bond acceptors (Lipinski definition) is 6. The fraction of sp³-hybridized carbons (Fsp3) is 0.200. The van der Waals surface area contributed by atoms with E-state index >= 15 is 0 Å². The number of nitrogens with zero attached hydrogens (tertiary/aromatic N) is 2. The summed E-state index contributed by atoms with van der Waals surface area (Å²) < 4.78 is 11.2. The number of benzene rings is 2. The van der Waals surface area contributed by atoms with Crippen LogP contribution in [-0.2, 0) is 6.54 Å². The van der Waals surface area contributed by atoms with E-state index in [1.165, 1.54) is 0 Å². The molecule has 4 rings (SSSR count). The van der Waals surface area contributed by atoms with Gasteiger partial charge in [-0.25, -0.2) is 4.98 Å². The van der Waals surface area contributed by atoms with E-state index in [0.717, 1.165) is 33.5 Å². The van der Waals surface area contributed by atoms with Crippen LogP contribution < -0.4 is 20.1 Å². The van der Waals surface area contributed by atoms with Crippen LogP contribution >= 0.6 is 11.6 Å². The second kappa shape index (κ2) is 7.72. The molecule has 0 spiro atoms. The summed E-state index contributed by atoms with van der Waals surface area (Å²) in [5.41, 5.74) is 2.84. The highest BCUT2D eigenvalue weighted by Gasteiger charge is 2.12. The van der Waals surface area contributed by atoms with Gasteiger partial charge >= 0.3 is 0 Å². The normalized spacial score (nSPS) is 12.5. The lowest BCUT2D eigenvalue weighted by atomic mass is 10.2. The van der Waals surface area contributed by atoms with Crippen LogP contribution in [0.2, 0.25) is 5.02 Å². The molecule has 0 aliphatic carbocycles. The van der Waals surface area contributed by atoms with Crippen molar-refractivity contribution in [2.45, 2.75) is 13.5 Å². The summed E-state index contributed by atoms with van der Waals surface area (Å²) in [5, 5.41) is 7.26. The minimum absolute atomic E-state index is 0.557. The molecule has 27 heavy (non-hydrogen) atoms. The van der Waals surface area contributed by atoms with E-state index < -0.39 is 0 Å². The number of hydrogen-bond donors (Lipinski definition) is 2. The van der Waals surface area contributed by atoms with Crippen LogP contribution in [0.4, 0.5) is 17.5 Å². The molecular weight excluding hydrogens is 364 g/mol. The maximum absolute atomic E-state index is 5.92. The fourth-order valence-corrected chi connectivity index (χ4v) is 2.89. The van der Waals surface area contributed by atoms with Crippen LogP contribution in [0.3, 0.4) is 0 Å². The molecule has 1 aliphatic heterocycles. The Bertz CT molecular complexity index is 947. The average molecular weight is 383 g/mol. The van der Waals surface area contributed by atoms with Gasteiger partial charge in [-0.2, -0.15) is 4.98 Å². The van der Waals surface area contributed by atoms with Crippen LogP contribution in [0, 0.1) is 6.92 Å². The van der Waals surface area contributed by atoms with Crippen LogP contribution in [0.5, 0.6) is 11.5 Å². The summed E-state index contributed by atoms with van der Waals surface area (Å²) >= 11 is 5.92. The second-order valence-electron chi connectivity index (χ2n) is 6.18. The van der Waals surface area contributed by atoms with Crippen molar-refractivity contribution in [1.29, 1.82) is 0 Å². The summed E-state index contributed by atoms with van der Waals surface area (Å²) in [6, 6.07) is 15.3. The number of halogens is 1. The number of ether oxygens (including phenoxy) is 2. The van der Waals surface area contributed by atoms with Crippen molar-refractivity contribution >= 4 is 29.1 Å². The van der Waals surface area contributed by atoms with E-state index in [9.17, 15) is 0 Å². The van der Waals surface area contributed by atoms with E-state index in [1.54, 1.807) is 0 Å². The number of rotatable bonds is 5. The summed E-state index contributed by atoms with van der Waals surface area (Å²) in [6.45, 7) is 3.68. The van der Waals surface area contributed by atoms with Gasteiger partial charge in [-0.15, -0.1) is 0 Å². The Balaban J connectivity index is 1.47. The molecule has 1 aliphatic rings. The molecule has 0 radical (unpaired) electrons. The van der Waals surface area contributed by atoms with Crippen molar-refractivity contribution in [3.63, 3.8) is 0 Å². The third kappa shape index (κ3) is 4.41. The Hall–Kier alpha value is -2.99. The number of fused-ring (bicyclic) bond motifs is 1. The number of aromatic nitrogens is 2. The van der Waals surface area contributed by atoms with Gasteiger partial charge in [0.25, 0.3) is 0 Å². The molecule has 0 unspecified atom stereocenters. The molecule has 6 nitrogen and oxygen atoms in total. The van der Waals surface area contributed by atoms with Crippen molar-refractivity contribution in [1.82, 2.24) is 9.97 Å². The Kier molecular flexibility index (Phi) is 4.98. The highest BCUT2D eigenvalue weighted by molar-refractivity contribution is 6.30. The van der Waals surface area contributed by atoms with Gasteiger partial charge in [0.05, 0.1) is 0 Å². The SMILES string of the molecule is Cc1cc(Nc2ccc3c(c2)OCCO3)nc(NCc2ccc(Cl)cc2)n1. The molecule has 3 aromatic rings. The Labute approximate surface area is 162 Å². The fourth-order valence-electron chi connectivity index (χ4n) is 2.76. The molecule has 0 amide bonds. The van der Waals surface area contributed by atoms with Gasteiger partial charge in [-0.05, 0) is 36.8 Å². The molecular formula is C20H19ClN4O2. The van der Waals surface area contributed by atoms with Crippen molar-refractivity contribution in [2.75, 3.05) is 23.8 Å². The molecule has 0 saturated heterocycles. The highest BCUT2D eigenvalue weighted by Crippen LogP contribution is 2.33. The minimum atomic E-state index is 0.557. The van der Waals surface area contributed by atoms with Crippen LogP contribution in [0.25, 0.3) is 0 Å². The van der Waals surface area contributed by atoms with Gasteiger partial charge in [0.15, 0.2) is 11.5 Å². The number of nitrogens with one attached hydrogen (secondary N) is 2. The van der Waals surface area contributed by atoms with Crippen LogP contribution in [0.15, 0.2) is 48.5 Å². The minimum Gasteiger partial charge on any atom is -0.486 e. The smallest absolute Gasteiger partial charge is 0.225 e. The molecule has 1 aromatic heterocycles. The average Bonchev–Trinajstić information content (AvgIpc) is 2.67. The molecule has 2 aromatic carbocycles. The first kappa shape index (κ1) is 17.4. The molecule has 2 heterocycles. The Morgan fingerprint density at radius 2 is 1.74 bits per heavy atom. The third-order valence-corrected chi connectivity index (χ3v) is 4.28. The molecule has 138 valence electrons. The third-order valence-electron chi connectivity index (χ3n) is 4.03. The van der Waals surface area contributed by atoms with Crippen molar-refractivity contribution < 1.29 is 9.47 Å². The van der Waals surface area contributed by atoms with Crippen LogP contribution in [-0.4, -0.2) is 23.2 Å². The Morgan fingerprint density at radius 1 is 0.963 bits per heavy atom. The molecule has 0 fully saturated rings. The lowest BCUT2D eigenvalue weighted by molar-refractivity contribution is 0.171. The molecule has 0 atom stereocenters. The zero-order chi connectivity index (χ0) is 18.6. The van der Waals surface area contributed by atoms with E-state index in [4.69, 9.17) is 21.1 Å². The largest absolute Gasteiger partial charge is 0.486 e. The van der Waals surface area contributed by atoms with Gasteiger partial charge < -0.3 is 20.1 Å². The van der Waals surface area contributed by atoms with Gasteiger partial charge in [0.1, 0.15) is 19.0 Å². The monoisotopic (exact) mass is 382 g/mol. The molecule has 2 N–H and O–H groups in total. The zero-order valence-corrected chi connectivity index (χ0v) is 15.6. The Morgan fingerprint density at radius 3 is 2.56 bits per heavy atom. The standard InChI is InChI=1S/C20H19ClN4O2/c1-13-10-19(24-16-6-7-17-18(11-16)27-9-8-26-17)25-20(23-13)22-12-14-2-4-15(21)5-3-14/h2-7,10-11H,8-9,12H2,1H3,(H2,22,23,24,25). The van der Waals surface area contributed by atoms with E-state index in [1.807, 2.05) is 55.5 Å². The summed E-state index contributed by atoms with van der Waals surface area (Å²) in [6.07, 6.45) is 0. The number of anilines is 3. The lowest BCUT2D eigenvalue weighted by Crippen LogP contribution is -2.15. The zero-order valence-electron chi connectivity index (χ0n) is 14.8. The second-order valence-corrected chi connectivity index (χ2v) is 6.62. The van der Waals surface area contributed by atoms with Gasteiger partial charge in [0.2, 0.25) is 5.95 Å². The van der Waals surface area contributed by atoms with Crippen molar-refractivity contribution in [3.05, 3.63) is 64.8 Å². The van der Waals surface area contributed by atoms with E-state index in [-0.39, 0.29) is 0 Å². The first-order valence-corrected chi connectivity index (χ1v) is 9.04. The predicted molar refractivity (Wildman–Crippen MR) is 106 cm³/mol. The maximum Gasteiger partial charge on any atom is 0.225 e. The van der Waals surface area contributed by atoms with E-state index in [2.05, 4.69) is 20.6 Å². The summed E-state index contributed by atoms with van der Waals surface area (Å²) in [7, 11) is 0. The summed E-state index contributed by atoms with van der Waals surface area (Å²) in [5.74, 6) is 2.76. The van der Waals surface area contributed by atoms with Gasteiger partial charge in [0, 0.05) is 35.1 Å². The quantitative estimate of drug-likeness (QED) is 0.674. The molecule has 7 heteroatoms. The van der Waals surface area contributed by atoms with Crippen LogP contribution in [0.1, 0.15) is 11.3 Å². The van der Waals surface area contributed by atoms with Crippen molar-refractivity contribution in [2.24, 2.45) is 0 Å². The van der Waals surface area contributed by atoms with Gasteiger partial charge in [-0.1, -0.05) is 23.7 Å². The predicted octanol–water partition coefficient (Wildman–Crippen LogP) is 4.57. The number of aryl methyl sites for hydroxylation is 1. The molecule has 0 saturated carbocycles. The highest BCUT2D eigenvalue weighted by atomic mass is 35.5. The van der Waals surface area contributed by atoms with E-state index in [0.29, 0.717) is 31.5 Å². The lowest BCUT2D eigenvalue weighted by Gasteiger charge is -2.19. The van der Waals surface area contributed by atoms with Crippen molar-refractivity contribution in [3.8, 4) is 11.5 Å². The topological polar surface area (TPSA) is 68.3 Å². The molecule has 0 bridgehead atoms. The first-order chi connectivity index (χ1) is 13.2. The van der Waals surface area contributed by atoms with Gasteiger partial charge in [-0.3, -0.25) is 0 Å². The summed E-state index contributed by atoms with van der Waals surface area (Å²) in [4.78, 5) is 8.99.